The van der Waals surface area contributed by atoms with Crippen LogP contribution in [-0.4, -0.2) is 12.5 Å². The van der Waals surface area contributed by atoms with Crippen molar-refractivity contribution in [1.82, 2.24) is 0 Å². The van der Waals surface area contributed by atoms with Gasteiger partial charge in [0.2, 0.25) is 0 Å². The van der Waals surface area contributed by atoms with Crippen LogP contribution in [0.2, 0.25) is 0 Å². The Morgan fingerprint density at radius 2 is 1.88 bits per heavy atom. The smallest absolute Gasteiger partial charge is 0.259 e. The monoisotopic (exact) mass is 145 g/mol. The van der Waals surface area contributed by atoms with Crippen molar-refractivity contribution in [3.8, 4) is 0 Å². The number of alkyl halides is 2. The largest absolute Gasteiger partial charge is 0.325 e. The molecule has 0 unspecified atom stereocenters. The number of halogens is 3. The van der Waals surface area contributed by atoms with E-state index >= 15 is 0 Å². The fraction of sp³-hybridized carbons (Fsp3) is 1.00. The van der Waals surface area contributed by atoms with Gasteiger partial charge in [-0.3, -0.25) is 0 Å². The predicted octanol–water partition coefficient (Wildman–Crippen LogP) is 1.41. The molecule has 1 nitrogen and oxygen atoms in total. The first-order valence-electron chi connectivity index (χ1n) is 2.20. The molecule has 0 rings (SSSR count). The van der Waals surface area contributed by atoms with E-state index < -0.39 is 12.5 Å². The molecule has 0 aromatic carbocycles. The summed E-state index contributed by atoms with van der Waals surface area (Å²) in [6, 6.07) is 0. The van der Waals surface area contributed by atoms with Gasteiger partial charge in [-0.2, -0.15) is 0 Å². The molecule has 0 aromatic heterocycles. The molecule has 0 fully saturated rings. The van der Waals surface area contributed by atoms with Crippen molar-refractivity contribution < 1.29 is 8.78 Å². The minimum Gasteiger partial charge on any atom is -0.325 e. The molecule has 0 heterocycles. The van der Waals surface area contributed by atoms with Crippen molar-refractivity contribution in [1.29, 1.82) is 0 Å². The second-order valence-corrected chi connectivity index (χ2v) is 1.41. The molecule has 0 amide bonds. The van der Waals surface area contributed by atoms with Gasteiger partial charge in [-0.25, -0.2) is 8.78 Å². The highest BCUT2D eigenvalue weighted by molar-refractivity contribution is 5.85. The topological polar surface area (TPSA) is 26.0 Å². The molecular weight excluding hydrogens is 136 g/mol. The average molecular weight is 146 g/mol. The van der Waals surface area contributed by atoms with E-state index in [1.807, 2.05) is 0 Å². The first-order chi connectivity index (χ1) is 3.12. The van der Waals surface area contributed by atoms with Crippen molar-refractivity contribution in [2.45, 2.75) is 19.3 Å². The van der Waals surface area contributed by atoms with E-state index in [-0.39, 0.29) is 18.8 Å². The number of rotatable bonds is 2. The van der Waals surface area contributed by atoms with E-state index in [1.54, 1.807) is 0 Å². The van der Waals surface area contributed by atoms with Gasteiger partial charge in [0.1, 0.15) is 0 Å². The molecule has 0 aliphatic carbocycles. The second kappa shape index (κ2) is 4.04. The molecule has 0 aliphatic rings. The van der Waals surface area contributed by atoms with Crippen molar-refractivity contribution in [2.75, 3.05) is 6.54 Å². The third-order valence-corrected chi connectivity index (χ3v) is 0.816. The van der Waals surface area contributed by atoms with Crippen LogP contribution in [0.5, 0.6) is 0 Å². The summed E-state index contributed by atoms with van der Waals surface area (Å²) in [6.45, 7) is 0.871. The van der Waals surface area contributed by atoms with E-state index in [9.17, 15) is 8.78 Å². The van der Waals surface area contributed by atoms with Gasteiger partial charge in [-0.1, -0.05) is 6.92 Å². The quantitative estimate of drug-likeness (QED) is 0.625. The third-order valence-electron chi connectivity index (χ3n) is 0.816. The molecule has 4 heteroatoms. The molecule has 0 bridgehead atoms. The highest BCUT2D eigenvalue weighted by Crippen LogP contribution is 2.13. The van der Waals surface area contributed by atoms with Crippen molar-refractivity contribution in [3.63, 3.8) is 0 Å². The number of nitrogens with two attached hydrogens (primary N) is 1. The molecule has 0 radical (unpaired) electrons. The van der Waals surface area contributed by atoms with Gasteiger partial charge in [-0.15, -0.1) is 12.4 Å². The van der Waals surface area contributed by atoms with Crippen LogP contribution in [0.15, 0.2) is 0 Å². The fourth-order valence-electron chi connectivity index (χ4n) is 0.144. The highest BCUT2D eigenvalue weighted by atomic mass is 35.5. The Kier molecular flexibility index (Phi) is 5.54. The van der Waals surface area contributed by atoms with Gasteiger partial charge in [0.05, 0.1) is 6.54 Å². The van der Waals surface area contributed by atoms with Crippen LogP contribution in [0.3, 0.4) is 0 Å². The maximum Gasteiger partial charge on any atom is 0.259 e. The Morgan fingerprint density at radius 3 is 1.88 bits per heavy atom. The Hall–Kier alpha value is 0.110. The summed E-state index contributed by atoms with van der Waals surface area (Å²) >= 11 is 0. The summed E-state index contributed by atoms with van der Waals surface area (Å²) in [5, 5.41) is 0. The maximum absolute atomic E-state index is 11.8. The van der Waals surface area contributed by atoms with Crippen molar-refractivity contribution in [2.24, 2.45) is 5.73 Å². The Morgan fingerprint density at radius 1 is 1.50 bits per heavy atom. The SMILES string of the molecule is CCC(F)(F)CN.Cl. The fourth-order valence-corrected chi connectivity index (χ4v) is 0.144. The predicted molar refractivity (Wildman–Crippen MR) is 31.5 cm³/mol. The van der Waals surface area contributed by atoms with Gasteiger partial charge < -0.3 is 5.73 Å². The zero-order chi connectivity index (χ0) is 5.91. The second-order valence-electron chi connectivity index (χ2n) is 1.41. The Balaban J connectivity index is 0. The molecule has 0 saturated carbocycles. The molecule has 0 aromatic rings. The van der Waals surface area contributed by atoms with Crippen molar-refractivity contribution >= 4 is 12.4 Å². The zero-order valence-corrected chi connectivity index (χ0v) is 5.47. The lowest BCUT2D eigenvalue weighted by molar-refractivity contribution is 0.00712. The van der Waals surface area contributed by atoms with E-state index in [4.69, 9.17) is 0 Å². The first kappa shape index (κ1) is 11.0. The van der Waals surface area contributed by atoms with Gasteiger partial charge in [0, 0.05) is 6.42 Å². The first-order valence-corrected chi connectivity index (χ1v) is 2.20. The van der Waals surface area contributed by atoms with Gasteiger partial charge in [0.25, 0.3) is 5.92 Å². The van der Waals surface area contributed by atoms with Crippen LogP contribution >= 0.6 is 12.4 Å². The lowest BCUT2D eigenvalue weighted by Crippen LogP contribution is -2.26. The highest BCUT2D eigenvalue weighted by Gasteiger charge is 2.22. The summed E-state index contributed by atoms with van der Waals surface area (Å²) in [7, 11) is 0. The summed E-state index contributed by atoms with van der Waals surface area (Å²) in [6.07, 6.45) is -0.163. The lowest BCUT2D eigenvalue weighted by Gasteiger charge is -2.08. The minimum absolute atomic E-state index is 0. The van der Waals surface area contributed by atoms with Crippen LogP contribution in [0.4, 0.5) is 8.78 Å². The van der Waals surface area contributed by atoms with E-state index in [0.29, 0.717) is 0 Å². The normalized spacial score (nSPS) is 10.5. The molecule has 0 spiro atoms. The van der Waals surface area contributed by atoms with Gasteiger partial charge in [-0.05, 0) is 0 Å². The molecule has 8 heavy (non-hydrogen) atoms. The molecule has 52 valence electrons. The van der Waals surface area contributed by atoms with Crippen LogP contribution < -0.4 is 5.73 Å². The summed E-state index contributed by atoms with van der Waals surface area (Å²) in [5.41, 5.74) is 4.67. The summed E-state index contributed by atoms with van der Waals surface area (Å²) in [5.74, 6) is -2.64. The molecule has 0 atom stereocenters. The van der Waals surface area contributed by atoms with E-state index in [2.05, 4.69) is 5.73 Å². The lowest BCUT2D eigenvalue weighted by atomic mass is 10.3. The maximum atomic E-state index is 11.8. The van der Waals surface area contributed by atoms with Crippen LogP contribution in [0.1, 0.15) is 13.3 Å². The molecule has 0 saturated heterocycles. The standard InChI is InChI=1S/C4H9F2N.ClH/c1-2-4(5,6)3-7;/h2-3,7H2,1H3;1H. The Labute approximate surface area is 53.7 Å². The number of hydrogen-bond acceptors (Lipinski definition) is 1. The van der Waals surface area contributed by atoms with E-state index in [1.165, 1.54) is 6.92 Å². The van der Waals surface area contributed by atoms with E-state index in [0.717, 1.165) is 0 Å². The molecular formula is C4H10ClF2N. The van der Waals surface area contributed by atoms with Crippen LogP contribution in [0, 0.1) is 0 Å². The van der Waals surface area contributed by atoms with Gasteiger partial charge >= 0.3 is 0 Å². The number of hydrogen-bond donors (Lipinski definition) is 1. The third kappa shape index (κ3) is 4.27. The Bertz CT molecular complexity index is 52.0. The van der Waals surface area contributed by atoms with Crippen LogP contribution in [0.25, 0.3) is 0 Å². The minimum atomic E-state index is -2.64. The molecule has 2 N–H and O–H groups in total. The van der Waals surface area contributed by atoms with Crippen molar-refractivity contribution in [3.05, 3.63) is 0 Å². The van der Waals surface area contributed by atoms with Gasteiger partial charge in [0.15, 0.2) is 0 Å². The zero-order valence-electron chi connectivity index (χ0n) is 4.66. The van der Waals surface area contributed by atoms with Crippen LogP contribution in [-0.2, 0) is 0 Å². The summed E-state index contributed by atoms with van der Waals surface area (Å²) in [4.78, 5) is 0. The molecule has 0 aliphatic heterocycles. The summed E-state index contributed by atoms with van der Waals surface area (Å²) < 4.78 is 23.5. The average Bonchev–Trinajstić information content (AvgIpc) is 1.68.